The Morgan fingerprint density at radius 3 is 2.68 bits per heavy atom. The second-order valence-electron chi connectivity index (χ2n) is 6.06. The molecule has 28 heavy (non-hydrogen) atoms. The first kappa shape index (κ1) is 17.9. The lowest BCUT2D eigenvalue weighted by Crippen LogP contribution is -1.95. The van der Waals surface area contributed by atoms with Crippen molar-refractivity contribution in [2.45, 2.75) is 0 Å². The second kappa shape index (κ2) is 7.66. The van der Waals surface area contributed by atoms with Gasteiger partial charge in [-0.3, -0.25) is 4.99 Å². The average Bonchev–Trinajstić information content (AvgIpc) is 2.68. The van der Waals surface area contributed by atoms with Crippen LogP contribution in [0.3, 0.4) is 0 Å². The lowest BCUT2D eigenvalue weighted by atomic mass is 10.2. The van der Waals surface area contributed by atoms with Crippen LogP contribution in [-0.2, 0) is 0 Å². The summed E-state index contributed by atoms with van der Waals surface area (Å²) in [5.41, 5.74) is 2.89. The number of phenolic OH excluding ortho intramolecular Hbond substituents is 2. The zero-order chi connectivity index (χ0) is 19.5. The van der Waals surface area contributed by atoms with Crippen molar-refractivity contribution in [2.24, 2.45) is 4.99 Å². The maximum Gasteiger partial charge on any atom is 0.141 e. The third-order valence-corrected chi connectivity index (χ3v) is 4.57. The molecule has 3 aromatic carbocycles. The van der Waals surface area contributed by atoms with Crippen molar-refractivity contribution in [3.63, 3.8) is 0 Å². The number of phenols is 2. The van der Waals surface area contributed by atoms with E-state index in [1.807, 2.05) is 42.5 Å². The molecular weight excluding hydrogens is 420 g/mol. The van der Waals surface area contributed by atoms with E-state index in [9.17, 15) is 10.2 Å². The van der Waals surface area contributed by atoms with Crippen molar-refractivity contribution < 1.29 is 10.2 Å². The fourth-order valence-electron chi connectivity index (χ4n) is 2.71. The van der Waals surface area contributed by atoms with Crippen LogP contribution in [0.1, 0.15) is 5.56 Å². The summed E-state index contributed by atoms with van der Waals surface area (Å²) in [5, 5.41) is 23.4. The van der Waals surface area contributed by atoms with Gasteiger partial charge in [-0.1, -0.05) is 22.0 Å². The van der Waals surface area contributed by atoms with Crippen molar-refractivity contribution >= 4 is 50.2 Å². The Balaban J connectivity index is 1.68. The molecule has 1 aromatic heterocycles. The quantitative estimate of drug-likeness (QED) is 0.379. The number of nitrogens with one attached hydrogen (secondary N) is 1. The highest BCUT2D eigenvalue weighted by Crippen LogP contribution is 2.28. The van der Waals surface area contributed by atoms with Gasteiger partial charge in [0.25, 0.3) is 0 Å². The molecule has 0 fully saturated rings. The maximum atomic E-state index is 9.89. The molecule has 0 saturated heterocycles. The normalized spacial score (nSPS) is 11.2. The Morgan fingerprint density at radius 2 is 1.86 bits per heavy atom. The Hall–Kier alpha value is -3.45. The van der Waals surface area contributed by atoms with E-state index >= 15 is 0 Å². The molecule has 138 valence electrons. The predicted octanol–water partition coefficient (Wildman–Crippen LogP) is 5.30. The largest absolute Gasteiger partial charge is 0.508 e. The third kappa shape index (κ3) is 3.94. The number of aromatic hydroxyl groups is 2. The summed E-state index contributed by atoms with van der Waals surface area (Å²) in [4.78, 5) is 13.1. The first-order valence-corrected chi connectivity index (χ1v) is 9.21. The van der Waals surface area contributed by atoms with Crippen LogP contribution in [0.5, 0.6) is 11.5 Å². The molecule has 0 radical (unpaired) electrons. The van der Waals surface area contributed by atoms with Crippen molar-refractivity contribution in [3.8, 4) is 11.5 Å². The Morgan fingerprint density at radius 1 is 0.964 bits per heavy atom. The molecule has 0 unspecified atom stereocenters. The molecule has 3 N–H and O–H groups in total. The van der Waals surface area contributed by atoms with Crippen molar-refractivity contribution in [1.82, 2.24) is 9.97 Å². The standard InChI is InChI=1S/C21H15BrN4O2/c22-14-2-1-3-16(8-14)26-21-18-9-15(5-7-19(18)24-12-25-21)23-11-13-4-6-17(27)10-20(13)28/h1-12,27-28H,(H,24,25,26). The minimum Gasteiger partial charge on any atom is -0.508 e. The Labute approximate surface area is 169 Å². The number of aromatic nitrogens is 2. The molecule has 1 heterocycles. The van der Waals surface area contributed by atoms with Crippen molar-refractivity contribution in [3.05, 3.63) is 77.0 Å². The van der Waals surface area contributed by atoms with E-state index < -0.39 is 0 Å². The fraction of sp³-hybridized carbons (Fsp3) is 0. The summed E-state index contributed by atoms with van der Waals surface area (Å²) in [5.74, 6) is 0.637. The topological polar surface area (TPSA) is 90.6 Å². The summed E-state index contributed by atoms with van der Waals surface area (Å²) < 4.78 is 0.967. The van der Waals surface area contributed by atoms with Gasteiger partial charge in [0.1, 0.15) is 23.6 Å². The van der Waals surface area contributed by atoms with Gasteiger partial charge in [0.05, 0.1) is 11.2 Å². The minimum absolute atomic E-state index is 0.000712. The molecule has 0 atom stereocenters. The van der Waals surface area contributed by atoms with E-state index in [1.54, 1.807) is 12.3 Å². The summed E-state index contributed by atoms with van der Waals surface area (Å²) in [6.07, 6.45) is 3.06. The molecule has 6 nitrogen and oxygen atoms in total. The van der Waals surface area contributed by atoms with Crippen LogP contribution >= 0.6 is 15.9 Å². The molecule has 0 aliphatic heterocycles. The summed E-state index contributed by atoms with van der Waals surface area (Å²) in [6, 6.07) is 17.8. The van der Waals surface area contributed by atoms with Crippen LogP contribution in [0.4, 0.5) is 17.2 Å². The number of halogens is 1. The highest BCUT2D eigenvalue weighted by Gasteiger charge is 2.06. The van der Waals surface area contributed by atoms with Gasteiger partial charge in [0, 0.05) is 33.4 Å². The van der Waals surface area contributed by atoms with Crippen LogP contribution in [0.15, 0.2) is 76.5 Å². The molecule has 0 spiro atoms. The Kier molecular flexibility index (Phi) is 4.90. The Bertz CT molecular complexity index is 1190. The van der Waals surface area contributed by atoms with Crippen LogP contribution in [0.2, 0.25) is 0 Å². The smallest absolute Gasteiger partial charge is 0.141 e. The number of benzene rings is 3. The molecule has 0 aliphatic rings. The van der Waals surface area contributed by atoms with E-state index in [0.717, 1.165) is 21.1 Å². The van der Waals surface area contributed by atoms with E-state index in [4.69, 9.17) is 0 Å². The summed E-state index contributed by atoms with van der Waals surface area (Å²) in [7, 11) is 0. The molecule has 4 aromatic rings. The molecule has 7 heteroatoms. The molecule has 0 amide bonds. The second-order valence-corrected chi connectivity index (χ2v) is 6.98. The molecule has 0 bridgehead atoms. The molecule has 0 saturated carbocycles. The van der Waals surface area contributed by atoms with E-state index in [-0.39, 0.29) is 11.5 Å². The number of rotatable bonds is 4. The van der Waals surface area contributed by atoms with Gasteiger partial charge in [0.15, 0.2) is 0 Å². The fourth-order valence-corrected chi connectivity index (χ4v) is 3.11. The first-order chi connectivity index (χ1) is 13.6. The molecule has 4 rings (SSSR count). The summed E-state index contributed by atoms with van der Waals surface area (Å²) in [6.45, 7) is 0. The van der Waals surface area contributed by atoms with Crippen LogP contribution in [-0.4, -0.2) is 26.4 Å². The highest BCUT2D eigenvalue weighted by molar-refractivity contribution is 9.10. The number of anilines is 2. The van der Waals surface area contributed by atoms with E-state index in [0.29, 0.717) is 17.1 Å². The summed E-state index contributed by atoms with van der Waals surface area (Å²) >= 11 is 3.46. The van der Waals surface area contributed by atoms with Gasteiger partial charge < -0.3 is 15.5 Å². The zero-order valence-corrected chi connectivity index (χ0v) is 16.1. The monoisotopic (exact) mass is 434 g/mol. The van der Waals surface area contributed by atoms with Gasteiger partial charge in [-0.25, -0.2) is 9.97 Å². The van der Waals surface area contributed by atoms with Gasteiger partial charge in [0.2, 0.25) is 0 Å². The van der Waals surface area contributed by atoms with Gasteiger partial charge in [-0.05, 0) is 48.5 Å². The highest BCUT2D eigenvalue weighted by atomic mass is 79.9. The van der Waals surface area contributed by atoms with Crippen molar-refractivity contribution in [2.75, 3.05) is 5.32 Å². The number of nitrogens with zero attached hydrogens (tertiary/aromatic N) is 3. The zero-order valence-electron chi connectivity index (χ0n) is 14.5. The van der Waals surface area contributed by atoms with Crippen molar-refractivity contribution in [1.29, 1.82) is 0 Å². The average molecular weight is 435 g/mol. The SMILES string of the molecule is Oc1ccc(C=Nc2ccc3ncnc(Nc4cccc(Br)c4)c3c2)c(O)c1. The van der Waals surface area contributed by atoms with E-state index in [1.165, 1.54) is 18.5 Å². The third-order valence-electron chi connectivity index (χ3n) is 4.07. The molecular formula is C21H15BrN4O2. The minimum atomic E-state index is -0.0371. The van der Waals surface area contributed by atoms with Gasteiger partial charge in [-0.15, -0.1) is 0 Å². The van der Waals surface area contributed by atoms with Crippen LogP contribution in [0.25, 0.3) is 10.9 Å². The van der Waals surface area contributed by atoms with Crippen LogP contribution in [0, 0.1) is 0 Å². The number of aliphatic imine (C=N–C) groups is 1. The van der Waals surface area contributed by atoms with Gasteiger partial charge >= 0.3 is 0 Å². The maximum absolute atomic E-state index is 9.89. The number of hydrogen-bond donors (Lipinski definition) is 3. The first-order valence-electron chi connectivity index (χ1n) is 8.42. The van der Waals surface area contributed by atoms with Gasteiger partial charge in [-0.2, -0.15) is 0 Å². The molecule has 0 aliphatic carbocycles. The number of hydrogen-bond acceptors (Lipinski definition) is 6. The van der Waals surface area contributed by atoms with E-state index in [2.05, 4.69) is 36.2 Å². The predicted molar refractivity (Wildman–Crippen MR) is 114 cm³/mol. The lowest BCUT2D eigenvalue weighted by molar-refractivity contribution is 0.450. The number of fused-ring (bicyclic) bond motifs is 1. The van der Waals surface area contributed by atoms with Crippen LogP contribution < -0.4 is 5.32 Å². The lowest BCUT2D eigenvalue weighted by Gasteiger charge is -2.09.